The molecule has 1 rings (SSSR count). The van der Waals surface area contributed by atoms with Crippen molar-refractivity contribution >= 4 is 12.0 Å². The lowest BCUT2D eigenvalue weighted by Gasteiger charge is -2.38. The topological polar surface area (TPSA) is 78.9 Å². The maximum atomic E-state index is 11.6. The van der Waals surface area contributed by atoms with Gasteiger partial charge in [-0.2, -0.15) is 0 Å². The quantitative estimate of drug-likeness (QED) is 0.765. The van der Waals surface area contributed by atoms with Gasteiger partial charge in [-0.25, -0.2) is 4.79 Å². The number of hydrogen-bond donors (Lipinski definition) is 2. The molecule has 1 saturated heterocycles. The minimum Gasteiger partial charge on any atom is -0.444 e. The molecule has 0 saturated carbocycles. The SMILES string of the molecule is CC(O)CNC(=O)C1CN(C(=O)OC(C)(C)C)C1. The predicted molar refractivity (Wildman–Crippen MR) is 66.0 cm³/mol. The van der Waals surface area contributed by atoms with Gasteiger partial charge >= 0.3 is 6.09 Å². The molecule has 104 valence electrons. The lowest BCUT2D eigenvalue weighted by molar-refractivity contribution is -0.130. The van der Waals surface area contributed by atoms with Crippen LogP contribution in [0.3, 0.4) is 0 Å². The number of nitrogens with zero attached hydrogens (tertiary/aromatic N) is 1. The van der Waals surface area contributed by atoms with Crippen molar-refractivity contribution in [3.63, 3.8) is 0 Å². The molecule has 1 aliphatic heterocycles. The number of hydrogen-bond acceptors (Lipinski definition) is 4. The average molecular weight is 258 g/mol. The van der Waals surface area contributed by atoms with Crippen LogP contribution in [0.5, 0.6) is 0 Å². The summed E-state index contributed by atoms with van der Waals surface area (Å²) in [6.45, 7) is 8.00. The number of likely N-dealkylation sites (tertiary alicyclic amines) is 1. The maximum Gasteiger partial charge on any atom is 0.410 e. The second kappa shape index (κ2) is 5.56. The van der Waals surface area contributed by atoms with Crippen LogP contribution in [0.25, 0.3) is 0 Å². The Kier molecular flexibility index (Phi) is 4.56. The number of aliphatic hydroxyl groups is 1. The highest BCUT2D eigenvalue weighted by molar-refractivity contribution is 5.82. The Morgan fingerprint density at radius 1 is 1.44 bits per heavy atom. The summed E-state index contributed by atoms with van der Waals surface area (Å²) in [5.41, 5.74) is -0.517. The van der Waals surface area contributed by atoms with E-state index in [1.807, 2.05) is 0 Å². The van der Waals surface area contributed by atoms with Crippen molar-refractivity contribution in [2.24, 2.45) is 5.92 Å². The van der Waals surface area contributed by atoms with Gasteiger partial charge in [0.05, 0.1) is 12.0 Å². The lowest BCUT2D eigenvalue weighted by atomic mass is 10.00. The van der Waals surface area contributed by atoms with E-state index in [4.69, 9.17) is 9.84 Å². The molecular formula is C12H22N2O4. The van der Waals surface area contributed by atoms with E-state index in [9.17, 15) is 9.59 Å². The average Bonchev–Trinajstić information content (AvgIpc) is 2.08. The van der Waals surface area contributed by atoms with Gasteiger partial charge in [0.25, 0.3) is 0 Å². The van der Waals surface area contributed by atoms with Crippen molar-refractivity contribution in [1.29, 1.82) is 0 Å². The van der Waals surface area contributed by atoms with Crippen molar-refractivity contribution in [3.8, 4) is 0 Å². The van der Waals surface area contributed by atoms with Crippen LogP contribution in [0.4, 0.5) is 4.79 Å². The van der Waals surface area contributed by atoms with E-state index in [0.29, 0.717) is 13.1 Å². The molecule has 2 amide bonds. The van der Waals surface area contributed by atoms with E-state index < -0.39 is 11.7 Å². The monoisotopic (exact) mass is 258 g/mol. The second-order valence-electron chi connectivity index (χ2n) is 5.68. The summed E-state index contributed by atoms with van der Waals surface area (Å²) in [4.78, 5) is 24.7. The summed E-state index contributed by atoms with van der Waals surface area (Å²) >= 11 is 0. The number of ether oxygens (including phenoxy) is 1. The molecule has 0 aliphatic carbocycles. The third-order valence-corrected chi connectivity index (χ3v) is 2.48. The zero-order valence-electron chi connectivity index (χ0n) is 11.4. The Labute approximate surface area is 107 Å². The van der Waals surface area contributed by atoms with E-state index in [0.717, 1.165) is 0 Å². The molecule has 0 aromatic carbocycles. The number of carbonyl (C=O) groups is 2. The summed E-state index contributed by atoms with van der Waals surface area (Å²) in [5, 5.41) is 11.7. The molecule has 6 heteroatoms. The first-order valence-electron chi connectivity index (χ1n) is 6.13. The summed E-state index contributed by atoms with van der Waals surface area (Å²) in [6.07, 6.45) is -0.946. The van der Waals surface area contributed by atoms with Gasteiger partial charge in [-0.3, -0.25) is 4.79 Å². The lowest BCUT2D eigenvalue weighted by Crippen LogP contribution is -2.57. The molecule has 1 fully saturated rings. The first-order valence-corrected chi connectivity index (χ1v) is 6.13. The Morgan fingerprint density at radius 2 is 2.00 bits per heavy atom. The van der Waals surface area contributed by atoms with Gasteiger partial charge < -0.3 is 20.1 Å². The highest BCUT2D eigenvalue weighted by Crippen LogP contribution is 2.19. The molecule has 18 heavy (non-hydrogen) atoms. The first-order chi connectivity index (χ1) is 8.19. The zero-order chi connectivity index (χ0) is 13.9. The third kappa shape index (κ3) is 4.52. The van der Waals surface area contributed by atoms with Crippen LogP contribution in [-0.4, -0.2) is 53.3 Å². The summed E-state index contributed by atoms with van der Waals surface area (Å²) < 4.78 is 5.18. The summed E-state index contributed by atoms with van der Waals surface area (Å²) in [5.74, 6) is -0.327. The maximum absolute atomic E-state index is 11.6. The van der Waals surface area contributed by atoms with Crippen molar-refractivity contribution in [2.75, 3.05) is 19.6 Å². The minimum absolute atomic E-state index is 0.129. The fourth-order valence-electron chi connectivity index (χ4n) is 1.51. The molecule has 2 N–H and O–H groups in total. The van der Waals surface area contributed by atoms with Gasteiger partial charge in [-0.1, -0.05) is 0 Å². The van der Waals surface area contributed by atoms with Crippen molar-refractivity contribution in [1.82, 2.24) is 10.2 Å². The van der Waals surface area contributed by atoms with Crippen LogP contribution in [0.15, 0.2) is 0 Å². The predicted octanol–water partition coefficient (Wildman–Crippen LogP) is 0.350. The molecule has 6 nitrogen and oxygen atoms in total. The van der Waals surface area contributed by atoms with Crippen LogP contribution < -0.4 is 5.32 Å². The second-order valence-corrected chi connectivity index (χ2v) is 5.68. The van der Waals surface area contributed by atoms with Gasteiger partial charge in [0.15, 0.2) is 0 Å². The summed E-state index contributed by atoms with van der Waals surface area (Å²) in [6, 6.07) is 0. The van der Waals surface area contributed by atoms with Gasteiger partial charge in [0.2, 0.25) is 5.91 Å². The van der Waals surface area contributed by atoms with Crippen molar-refractivity contribution in [2.45, 2.75) is 39.4 Å². The summed E-state index contributed by atoms with van der Waals surface area (Å²) in [7, 11) is 0. The van der Waals surface area contributed by atoms with Gasteiger partial charge in [-0.05, 0) is 27.7 Å². The van der Waals surface area contributed by atoms with Crippen molar-refractivity contribution in [3.05, 3.63) is 0 Å². The van der Waals surface area contributed by atoms with Gasteiger partial charge in [0.1, 0.15) is 5.60 Å². The number of amides is 2. The van der Waals surface area contributed by atoms with Crippen molar-refractivity contribution < 1.29 is 19.4 Å². The molecule has 1 atom stereocenters. The van der Waals surface area contributed by atoms with E-state index in [1.165, 1.54) is 4.90 Å². The first kappa shape index (κ1) is 14.8. The van der Waals surface area contributed by atoms with Crippen LogP contribution in [0, 0.1) is 5.92 Å². The Hall–Kier alpha value is -1.30. The number of aliphatic hydroxyl groups excluding tert-OH is 1. The molecule has 0 bridgehead atoms. The fourth-order valence-corrected chi connectivity index (χ4v) is 1.51. The van der Waals surface area contributed by atoms with Crippen LogP contribution in [0.1, 0.15) is 27.7 Å². The highest BCUT2D eigenvalue weighted by atomic mass is 16.6. The van der Waals surface area contributed by atoms with Crippen LogP contribution in [0.2, 0.25) is 0 Å². The van der Waals surface area contributed by atoms with Crippen LogP contribution >= 0.6 is 0 Å². The minimum atomic E-state index is -0.559. The molecule has 1 unspecified atom stereocenters. The fraction of sp³-hybridized carbons (Fsp3) is 0.833. The molecule has 0 spiro atoms. The Balaban J connectivity index is 2.27. The van der Waals surface area contributed by atoms with Gasteiger partial charge in [-0.15, -0.1) is 0 Å². The Bertz CT molecular complexity index is 317. The molecule has 0 aromatic rings. The number of carbonyl (C=O) groups excluding carboxylic acids is 2. The van der Waals surface area contributed by atoms with Gasteiger partial charge in [0, 0.05) is 19.6 Å². The van der Waals surface area contributed by atoms with E-state index in [1.54, 1.807) is 27.7 Å². The third-order valence-electron chi connectivity index (χ3n) is 2.48. The smallest absolute Gasteiger partial charge is 0.410 e. The standard InChI is InChI=1S/C12H22N2O4/c1-8(15)5-13-10(16)9-6-14(7-9)11(17)18-12(2,3)4/h8-9,15H,5-7H2,1-4H3,(H,13,16). The molecule has 1 aliphatic rings. The van der Waals surface area contributed by atoms with E-state index >= 15 is 0 Å². The molecular weight excluding hydrogens is 236 g/mol. The molecule has 1 heterocycles. The molecule has 0 aromatic heterocycles. The Morgan fingerprint density at radius 3 is 2.44 bits per heavy atom. The number of nitrogens with one attached hydrogen (secondary N) is 1. The van der Waals surface area contributed by atoms with Crippen LogP contribution in [-0.2, 0) is 9.53 Å². The normalized spacial score (nSPS) is 17.9. The van der Waals surface area contributed by atoms with E-state index in [2.05, 4.69) is 5.32 Å². The molecule has 0 radical (unpaired) electrons. The van der Waals surface area contributed by atoms with E-state index in [-0.39, 0.29) is 24.5 Å². The number of rotatable bonds is 3. The highest BCUT2D eigenvalue weighted by Gasteiger charge is 2.37. The largest absolute Gasteiger partial charge is 0.444 e. The zero-order valence-corrected chi connectivity index (χ0v) is 11.4.